The zero-order valence-electron chi connectivity index (χ0n) is 13.0. The van der Waals surface area contributed by atoms with Crippen molar-refractivity contribution in [1.29, 1.82) is 0 Å². The average molecular weight is 326 g/mol. The fraction of sp³-hybridized carbons (Fsp3) is 0.176. The second-order valence-corrected chi connectivity index (χ2v) is 5.20. The summed E-state index contributed by atoms with van der Waals surface area (Å²) in [6, 6.07) is 4.10. The summed E-state index contributed by atoms with van der Waals surface area (Å²) >= 11 is 0. The number of benzene rings is 1. The van der Waals surface area contributed by atoms with Crippen molar-refractivity contribution in [3.8, 4) is 11.3 Å². The maximum atomic E-state index is 14.1. The molecular formula is C17H15FN4O2. The summed E-state index contributed by atoms with van der Waals surface area (Å²) in [4.78, 5) is 24.2. The maximum absolute atomic E-state index is 14.1. The standard InChI is InChI=1S/C17H15FN4O2/c1-24-17(23)12-5-4-10(7-13(12)18)15-16(19)21-9-14(22-15)11-3-2-6-20-8-11/h4-9H,2-3H2,1H3,(H2,19,21). The average Bonchev–Trinajstić information content (AvgIpc) is 2.62. The molecule has 2 aromatic rings. The predicted octanol–water partition coefficient (Wildman–Crippen LogP) is 2.86. The molecule has 7 heteroatoms. The lowest BCUT2D eigenvalue weighted by Gasteiger charge is -2.11. The number of anilines is 1. The van der Waals surface area contributed by atoms with Gasteiger partial charge in [-0.15, -0.1) is 0 Å². The number of hydrogen-bond acceptors (Lipinski definition) is 6. The van der Waals surface area contributed by atoms with Crippen LogP contribution in [0.2, 0.25) is 0 Å². The van der Waals surface area contributed by atoms with E-state index < -0.39 is 11.8 Å². The number of hydrogen-bond donors (Lipinski definition) is 1. The van der Waals surface area contributed by atoms with Crippen LogP contribution in [0.5, 0.6) is 0 Å². The highest BCUT2D eigenvalue weighted by molar-refractivity contribution is 5.90. The van der Waals surface area contributed by atoms with Crippen molar-refractivity contribution in [2.24, 2.45) is 4.99 Å². The highest BCUT2D eigenvalue weighted by Crippen LogP contribution is 2.28. The van der Waals surface area contributed by atoms with Crippen LogP contribution in [0.15, 0.2) is 35.6 Å². The van der Waals surface area contributed by atoms with E-state index in [1.807, 2.05) is 6.21 Å². The molecule has 1 aromatic heterocycles. The van der Waals surface area contributed by atoms with Gasteiger partial charge < -0.3 is 10.5 Å². The van der Waals surface area contributed by atoms with Crippen molar-refractivity contribution < 1.29 is 13.9 Å². The van der Waals surface area contributed by atoms with Crippen LogP contribution in [0.25, 0.3) is 16.8 Å². The molecule has 0 saturated carbocycles. The third kappa shape index (κ3) is 3.01. The number of nitrogen functional groups attached to an aromatic ring is 1. The molecular weight excluding hydrogens is 311 g/mol. The Hall–Kier alpha value is -3.09. The molecule has 0 amide bonds. The Bertz CT molecular complexity index is 862. The van der Waals surface area contributed by atoms with Crippen LogP contribution in [0.1, 0.15) is 28.9 Å². The molecule has 0 unspecified atom stereocenters. The molecule has 1 aliphatic rings. The zero-order valence-corrected chi connectivity index (χ0v) is 13.0. The smallest absolute Gasteiger partial charge is 0.340 e. The molecule has 0 aliphatic carbocycles. The topological polar surface area (TPSA) is 90.5 Å². The first kappa shape index (κ1) is 15.8. The molecule has 2 N–H and O–H groups in total. The summed E-state index contributed by atoms with van der Waals surface area (Å²) in [6.45, 7) is 0. The van der Waals surface area contributed by atoms with Gasteiger partial charge in [0.25, 0.3) is 0 Å². The lowest BCUT2D eigenvalue weighted by molar-refractivity contribution is 0.0595. The van der Waals surface area contributed by atoms with Gasteiger partial charge in [-0.25, -0.2) is 19.2 Å². The summed E-state index contributed by atoms with van der Waals surface area (Å²) in [5.41, 5.74) is 8.13. The van der Waals surface area contributed by atoms with Gasteiger partial charge in [-0.2, -0.15) is 0 Å². The third-order valence-electron chi connectivity index (χ3n) is 3.66. The molecule has 0 atom stereocenters. The van der Waals surface area contributed by atoms with E-state index in [1.165, 1.54) is 19.2 Å². The van der Waals surface area contributed by atoms with Gasteiger partial charge >= 0.3 is 5.97 Å². The lowest BCUT2D eigenvalue weighted by Crippen LogP contribution is -2.06. The first-order valence-electron chi connectivity index (χ1n) is 7.32. The summed E-state index contributed by atoms with van der Waals surface area (Å²) in [7, 11) is 1.20. The quantitative estimate of drug-likeness (QED) is 0.876. The van der Waals surface area contributed by atoms with E-state index in [2.05, 4.69) is 19.7 Å². The number of methoxy groups -OCH3 is 1. The monoisotopic (exact) mass is 326 g/mol. The molecule has 0 spiro atoms. The van der Waals surface area contributed by atoms with Crippen LogP contribution >= 0.6 is 0 Å². The number of carbonyl (C=O) groups excluding carboxylic acids is 1. The summed E-state index contributed by atoms with van der Waals surface area (Å²) in [6.07, 6.45) is 6.77. The predicted molar refractivity (Wildman–Crippen MR) is 88.9 cm³/mol. The van der Waals surface area contributed by atoms with Gasteiger partial charge in [0.1, 0.15) is 17.3 Å². The molecule has 1 aliphatic heterocycles. The second-order valence-electron chi connectivity index (χ2n) is 5.20. The molecule has 0 saturated heterocycles. The Kier molecular flexibility index (Phi) is 4.33. The van der Waals surface area contributed by atoms with Gasteiger partial charge in [0, 0.05) is 18.0 Å². The number of ether oxygens (including phenoxy) is 1. The number of carbonyl (C=O) groups is 1. The Labute approximate surface area is 137 Å². The van der Waals surface area contributed by atoms with Crippen LogP contribution in [-0.4, -0.2) is 29.3 Å². The van der Waals surface area contributed by atoms with Crippen molar-refractivity contribution >= 4 is 23.6 Å². The minimum atomic E-state index is -0.739. The maximum Gasteiger partial charge on any atom is 0.340 e. The molecule has 1 aromatic carbocycles. The fourth-order valence-electron chi connectivity index (χ4n) is 2.40. The third-order valence-corrected chi connectivity index (χ3v) is 3.66. The number of nitrogens with two attached hydrogens (primary N) is 1. The Morgan fingerprint density at radius 2 is 2.21 bits per heavy atom. The normalized spacial score (nSPS) is 13.5. The number of allylic oxidation sites excluding steroid dienone is 1. The van der Waals surface area contributed by atoms with Crippen molar-refractivity contribution in [1.82, 2.24) is 9.97 Å². The van der Waals surface area contributed by atoms with E-state index >= 15 is 0 Å². The van der Waals surface area contributed by atoms with Crippen LogP contribution in [-0.2, 0) is 4.74 Å². The van der Waals surface area contributed by atoms with Gasteiger partial charge in [0.05, 0.1) is 24.6 Å². The molecule has 3 rings (SSSR count). The van der Waals surface area contributed by atoms with Crippen molar-refractivity contribution in [3.63, 3.8) is 0 Å². The van der Waals surface area contributed by atoms with E-state index in [0.717, 1.165) is 18.4 Å². The lowest BCUT2D eigenvalue weighted by atomic mass is 10.1. The molecule has 122 valence electrons. The number of nitrogens with zero attached hydrogens (tertiary/aromatic N) is 3. The minimum absolute atomic E-state index is 0.145. The SMILES string of the molecule is COC(=O)c1ccc(-c2nc(C3=CN=CCC3)cnc2N)cc1F. The van der Waals surface area contributed by atoms with Gasteiger partial charge in [-0.1, -0.05) is 6.07 Å². The van der Waals surface area contributed by atoms with Crippen molar-refractivity contribution in [2.75, 3.05) is 12.8 Å². The number of aromatic nitrogens is 2. The highest BCUT2D eigenvalue weighted by Gasteiger charge is 2.16. The number of aliphatic imine (C=N–C) groups is 1. The molecule has 0 fully saturated rings. The van der Waals surface area contributed by atoms with Gasteiger partial charge in [-0.3, -0.25) is 4.99 Å². The van der Waals surface area contributed by atoms with Crippen LogP contribution in [0.3, 0.4) is 0 Å². The van der Waals surface area contributed by atoms with Crippen molar-refractivity contribution in [2.45, 2.75) is 12.8 Å². The minimum Gasteiger partial charge on any atom is -0.465 e. The summed E-state index contributed by atoms with van der Waals surface area (Å²) < 4.78 is 18.7. The molecule has 2 heterocycles. The molecule has 0 bridgehead atoms. The molecule has 0 radical (unpaired) electrons. The van der Waals surface area contributed by atoms with Crippen LogP contribution in [0, 0.1) is 5.82 Å². The number of esters is 1. The van der Waals surface area contributed by atoms with E-state index in [9.17, 15) is 9.18 Å². The Morgan fingerprint density at radius 1 is 1.38 bits per heavy atom. The van der Waals surface area contributed by atoms with Crippen molar-refractivity contribution in [3.05, 3.63) is 47.7 Å². The van der Waals surface area contributed by atoms with E-state index in [-0.39, 0.29) is 11.4 Å². The zero-order chi connectivity index (χ0) is 17.1. The Morgan fingerprint density at radius 3 is 2.88 bits per heavy atom. The first-order chi connectivity index (χ1) is 11.6. The molecule has 24 heavy (non-hydrogen) atoms. The summed E-state index contributed by atoms with van der Waals surface area (Å²) in [5.74, 6) is -1.26. The number of rotatable bonds is 3. The van der Waals surface area contributed by atoms with Gasteiger partial charge in [0.2, 0.25) is 0 Å². The largest absolute Gasteiger partial charge is 0.465 e. The van der Waals surface area contributed by atoms with E-state index in [4.69, 9.17) is 5.73 Å². The first-order valence-corrected chi connectivity index (χ1v) is 7.32. The van der Waals surface area contributed by atoms with Crippen LogP contribution in [0.4, 0.5) is 10.2 Å². The van der Waals surface area contributed by atoms with E-state index in [1.54, 1.807) is 18.5 Å². The highest BCUT2D eigenvalue weighted by atomic mass is 19.1. The fourth-order valence-corrected chi connectivity index (χ4v) is 2.40. The second kappa shape index (κ2) is 6.57. The summed E-state index contributed by atoms with van der Waals surface area (Å²) in [5, 5.41) is 0. The van der Waals surface area contributed by atoms with E-state index in [0.29, 0.717) is 17.0 Å². The number of halogens is 1. The van der Waals surface area contributed by atoms with Gasteiger partial charge in [0.15, 0.2) is 0 Å². The van der Waals surface area contributed by atoms with Gasteiger partial charge in [-0.05, 0) is 30.5 Å². The molecule has 6 nitrogen and oxygen atoms in total. The Balaban J connectivity index is 2.03. The van der Waals surface area contributed by atoms with Crippen LogP contribution < -0.4 is 5.73 Å².